The fourth-order valence-electron chi connectivity index (χ4n) is 1.11. The van der Waals surface area contributed by atoms with Crippen molar-refractivity contribution in [3.8, 4) is 0 Å². The summed E-state index contributed by atoms with van der Waals surface area (Å²) in [5, 5.41) is 30.7. The SMILES string of the molecule is [N-]=[N+]=Nc1ccc(C(O)C(O)CO)cc1. The number of rotatable bonds is 4. The maximum Gasteiger partial charge on any atom is 0.107 e. The second kappa shape index (κ2) is 5.33. The van der Waals surface area contributed by atoms with Gasteiger partial charge in [-0.05, 0) is 11.1 Å². The van der Waals surface area contributed by atoms with Crippen LogP contribution in [0.5, 0.6) is 0 Å². The number of aliphatic hydroxyl groups is 3. The minimum absolute atomic E-state index is 0.423. The molecule has 0 aliphatic rings. The highest BCUT2D eigenvalue weighted by molar-refractivity contribution is 5.39. The minimum Gasteiger partial charge on any atom is -0.394 e. The van der Waals surface area contributed by atoms with E-state index in [4.69, 9.17) is 10.6 Å². The van der Waals surface area contributed by atoms with E-state index in [-0.39, 0.29) is 0 Å². The third-order valence-electron chi connectivity index (χ3n) is 1.95. The Labute approximate surface area is 86.0 Å². The minimum atomic E-state index is -1.21. The van der Waals surface area contributed by atoms with Crippen molar-refractivity contribution < 1.29 is 15.3 Å². The van der Waals surface area contributed by atoms with Gasteiger partial charge in [0, 0.05) is 10.6 Å². The summed E-state index contributed by atoms with van der Waals surface area (Å²) in [6.45, 7) is -0.515. The van der Waals surface area contributed by atoms with Crippen molar-refractivity contribution in [1.29, 1.82) is 0 Å². The molecule has 3 N–H and O–H groups in total. The Morgan fingerprint density at radius 2 is 1.87 bits per heavy atom. The van der Waals surface area contributed by atoms with Crippen LogP contribution >= 0.6 is 0 Å². The largest absolute Gasteiger partial charge is 0.394 e. The van der Waals surface area contributed by atoms with E-state index < -0.39 is 18.8 Å². The molecule has 0 bridgehead atoms. The first kappa shape index (κ1) is 11.5. The zero-order valence-electron chi connectivity index (χ0n) is 7.85. The topological polar surface area (TPSA) is 109 Å². The predicted molar refractivity (Wildman–Crippen MR) is 53.3 cm³/mol. The van der Waals surface area contributed by atoms with E-state index in [1.165, 1.54) is 24.3 Å². The van der Waals surface area contributed by atoms with Crippen molar-refractivity contribution in [1.82, 2.24) is 0 Å². The summed E-state index contributed by atoms with van der Waals surface area (Å²) in [6.07, 6.45) is -2.36. The van der Waals surface area contributed by atoms with Gasteiger partial charge in [0.05, 0.1) is 6.61 Å². The van der Waals surface area contributed by atoms with E-state index in [0.29, 0.717) is 11.3 Å². The van der Waals surface area contributed by atoms with E-state index in [0.717, 1.165) is 0 Å². The van der Waals surface area contributed by atoms with Gasteiger partial charge in [0.25, 0.3) is 0 Å². The summed E-state index contributed by atoms with van der Waals surface area (Å²) in [7, 11) is 0. The summed E-state index contributed by atoms with van der Waals surface area (Å²) < 4.78 is 0. The van der Waals surface area contributed by atoms with Crippen LogP contribution in [0.3, 0.4) is 0 Å². The summed E-state index contributed by atoms with van der Waals surface area (Å²) >= 11 is 0. The van der Waals surface area contributed by atoms with Crippen LogP contribution in [-0.4, -0.2) is 28.0 Å². The van der Waals surface area contributed by atoms with Gasteiger partial charge in [-0.15, -0.1) is 0 Å². The lowest BCUT2D eigenvalue weighted by molar-refractivity contribution is -0.0152. The molecule has 2 unspecified atom stereocenters. The molecule has 0 saturated carbocycles. The van der Waals surface area contributed by atoms with Gasteiger partial charge in [-0.2, -0.15) is 0 Å². The molecule has 6 heteroatoms. The smallest absolute Gasteiger partial charge is 0.107 e. The summed E-state index contributed by atoms with van der Waals surface area (Å²) in [6, 6.07) is 6.08. The molecule has 1 aromatic rings. The first-order chi connectivity index (χ1) is 7.19. The zero-order chi connectivity index (χ0) is 11.3. The van der Waals surface area contributed by atoms with Crippen LogP contribution in [-0.2, 0) is 0 Å². The average Bonchev–Trinajstić information content (AvgIpc) is 2.28. The molecule has 80 valence electrons. The van der Waals surface area contributed by atoms with Crippen LogP contribution in [0.1, 0.15) is 11.7 Å². The third kappa shape index (κ3) is 2.93. The highest BCUT2D eigenvalue weighted by atomic mass is 16.4. The predicted octanol–water partition coefficient (Wildman–Crippen LogP) is 1.01. The molecule has 0 fully saturated rings. The fourth-order valence-corrected chi connectivity index (χ4v) is 1.11. The first-order valence-electron chi connectivity index (χ1n) is 4.31. The van der Waals surface area contributed by atoms with E-state index >= 15 is 0 Å². The molecular weight excluding hydrogens is 198 g/mol. The standard InChI is InChI=1S/C9H11N3O3/c10-12-11-7-3-1-6(2-4-7)9(15)8(14)5-13/h1-4,8-9,13-15H,5H2. The lowest BCUT2D eigenvalue weighted by atomic mass is 10.0. The van der Waals surface area contributed by atoms with Crippen LogP contribution in [0.15, 0.2) is 29.4 Å². The molecular formula is C9H11N3O3. The van der Waals surface area contributed by atoms with Crippen molar-refractivity contribution in [2.24, 2.45) is 5.11 Å². The summed E-state index contributed by atoms with van der Waals surface area (Å²) in [5.74, 6) is 0. The van der Waals surface area contributed by atoms with Crippen LogP contribution in [0.2, 0.25) is 0 Å². The normalized spacial score (nSPS) is 14.1. The zero-order valence-corrected chi connectivity index (χ0v) is 7.85. The van der Waals surface area contributed by atoms with E-state index in [1.807, 2.05) is 0 Å². The fraction of sp³-hybridized carbons (Fsp3) is 0.333. The molecule has 0 radical (unpaired) electrons. The Hall–Kier alpha value is -1.59. The van der Waals surface area contributed by atoms with Crippen molar-refractivity contribution in [2.75, 3.05) is 6.61 Å². The number of aliphatic hydroxyl groups excluding tert-OH is 3. The molecule has 0 heterocycles. The van der Waals surface area contributed by atoms with Gasteiger partial charge < -0.3 is 15.3 Å². The molecule has 15 heavy (non-hydrogen) atoms. The maximum absolute atomic E-state index is 9.50. The quantitative estimate of drug-likeness (QED) is 0.391. The Morgan fingerprint density at radius 1 is 1.27 bits per heavy atom. The summed E-state index contributed by atoms with van der Waals surface area (Å²) in [5.41, 5.74) is 9.04. The van der Waals surface area contributed by atoms with Crippen LogP contribution in [0.25, 0.3) is 10.4 Å². The van der Waals surface area contributed by atoms with Gasteiger partial charge in [0.2, 0.25) is 0 Å². The van der Waals surface area contributed by atoms with Crippen LogP contribution in [0.4, 0.5) is 5.69 Å². The van der Waals surface area contributed by atoms with E-state index in [2.05, 4.69) is 10.0 Å². The first-order valence-corrected chi connectivity index (χ1v) is 4.31. The van der Waals surface area contributed by atoms with E-state index in [9.17, 15) is 10.2 Å². The van der Waals surface area contributed by atoms with Gasteiger partial charge in [-0.3, -0.25) is 0 Å². The second-order valence-corrected chi connectivity index (χ2v) is 2.98. The van der Waals surface area contributed by atoms with Gasteiger partial charge in [0.1, 0.15) is 12.2 Å². The van der Waals surface area contributed by atoms with Gasteiger partial charge in [0.15, 0.2) is 0 Å². The Kier molecular flexibility index (Phi) is 4.08. The van der Waals surface area contributed by atoms with Crippen LogP contribution < -0.4 is 0 Å². The van der Waals surface area contributed by atoms with E-state index in [1.54, 1.807) is 0 Å². The second-order valence-electron chi connectivity index (χ2n) is 2.98. The Bertz CT molecular complexity index is 359. The van der Waals surface area contributed by atoms with Crippen molar-refractivity contribution in [3.63, 3.8) is 0 Å². The number of benzene rings is 1. The lowest BCUT2D eigenvalue weighted by Gasteiger charge is -2.15. The molecule has 1 rings (SSSR count). The average molecular weight is 209 g/mol. The lowest BCUT2D eigenvalue weighted by Crippen LogP contribution is -2.21. The number of hydrogen-bond donors (Lipinski definition) is 3. The third-order valence-corrected chi connectivity index (χ3v) is 1.95. The van der Waals surface area contributed by atoms with Crippen LogP contribution in [0, 0.1) is 0 Å². The molecule has 0 spiro atoms. The molecule has 1 aromatic carbocycles. The summed E-state index contributed by atoms with van der Waals surface area (Å²) in [4.78, 5) is 2.60. The number of hydrogen-bond acceptors (Lipinski definition) is 4. The molecule has 6 nitrogen and oxygen atoms in total. The molecule has 0 aromatic heterocycles. The van der Waals surface area contributed by atoms with Crippen molar-refractivity contribution >= 4 is 5.69 Å². The van der Waals surface area contributed by atoms with Gasteiger partial charge in [-0.1, -0.05) is 29.4 Å². The van der Waals surface area contributed by atoms with Gasteiger partial charge in [-0.25, -0.2) is 0 Å². The van der Waals surface area contributed by atoms with Crippen molar-refractivity contribution in [2.45, 2.75) is 12.2 Å². The Morgan fingerprint density at radius 3 is 2.33 bits per heavy atom. The molecule has 0 saturated heterocycles. The number of nitrogens with zero attached hydrogens (tertiary/aromatic N) is 3. The highest BCUT2D eigenvalue weighted by Gasteiger charge is 2.16. The molecule has 0 aliphatic heterocycles. The Balaban J connectivity index is 2.83. The highest BCUT2D eigenvalue weighted by Crippen LogP contribution is 2.20. The maximum atomic E-state index is 9.50. The monoisotopic (exact) mass is 209 g/mol. The molecule has 0 aliphatic carbocycles. The molecule has 2 atom stereocenters. The van der Waals surface area contributed by atoms with Gasteiger partial charge >= 0.3 is 0 Å². The number of azide groups is 1. The van der Waals surface area contributed by atoms with Crippen molar-refractivity contribution in [3.05, 3.63) is 40.3 Å². The molecule has 0 amide bonds.